The van der Waals surface area contributed by atoms with Crippen molar-refractivity contribution in [1.29, 1.82) is 0 Å². The van der Waals surface area contributed by atoms with Crippen LogP contribution in [0.5, 0.6) is 0 Å². The van der Waals surface area contributed by atoms with Gasteiger partial charge < -0.3 is 10.6 Å². The Morgan fingerprint density at radius 1 is 1.33 bits per heavy atom. The Bertz CT molecular complexity index is 808. The molecule has 2 unspecified atom stereocenters. The Morgan fingerprint density at radius 2 is 2.04 bits per heavy atom. The quantitative estimate of drug-likeness (QED) is 0.509. The van der Waals surface area contributed by atoms with Crippen molar-refractivity contribution in [2.45, 2.75) is 52.5 Å². The molecule has 2 fully saturated rings. The number of hydrogen-bond acceptors (Lipinski definition) is 3. The van der Waals surface area contributed by atoms with Gasteiger partial charge >= 0.3 is 6.03 Å². The third-order valence-electron chi connectivity index (χ3n) is 5.39. The van der Waals surface area contributed by atoms with Crippen LogP contribution in [-0.4, -0.2) is 34.8 Å². The van der Waals surface area contributed by atoms with E-state index in [0.29, 0.717) is 24.4 Å². The molecule has 0 aromatic heterocycles. The molecule has 0 radical (unpaired) electrons. The number of rotatable bonds is 3. The van der Waals surface area contributed by atoms with E-state index in [2.05, 4.69) is 54.0 Å². The van der Waals surface area contributed by atoms with Crippen molar-refractivity contribution in [2.75, 3.05) is 11.9 Å². The predicted molar refractivity (Wildman–Crippen MR) is 112 cm³/mol. The van der Waals surface area contributed by atoms with Crippen molar-refractivity contribution in [1.82, 2.24) is 10.2 Å². The third kappa shape index (κ3) is 4.12. The highest BCUT2D eigenvalue weighted by Crippen LogP contribution is 2.46. The summed E-state index contributed by atoms with van der Waals surface area (Å²) in [6, 6.07) is 5.22. The Morgan fingerprint density at radius 3 is 2.67 bits per heavy atom. The van der Waals surface area contributed by atoms with Crippen molar-refractivity contribution in [3.05, 3.63) is 27.3 Å². The molecule has 1 aromatic rings. The van der Waals surface area contributed by atoms with Crippen LogP contribution in [-0.2, 0) is 9.59 Å². The van der Waals surface area contributed by atoms with Crippen molar-refractivity contribution in [3.63, 3.8) is 0 Å². The molecule has 1 saturated carbocycles. The van der Waals surface area contributed by atoms with Crippen LogP contribution in [0.15, 0.2) is 18.2 Å². The molecule has 27 heavy (non-hydrogen) atoms. The van der Waals surface area contributed by atoms with Gasteiger partial charge in [0.1, 0.15) is 12.1 Å². The van der Waals surface area contributed by atoms with Gasteiger partial charge in [0, 0.05) is 9.26 Å². The summed E-state index contributed by atoms with van der Waals surface area (Å²) in [6.07, 6.45) is 2.24. The SMILES string of the molecule is Cc1cc(I)ccc1NC(=O)CN1C(=O)NC2(CC(C)CC(C)(C)C2)C1=O. The first-order valence-electron chi connectivity index (χ1n) is 9.21. The molecule has 7 heteroatoms. The summed E-state index contributed by atoms with van der Waals surface area (Å²) in [5, 5.41) is 5.71. The van der Waals surface area contributed by atoms with Gasteiger partial charge in [-0.15, -0.1) is 0 Å². The van der Waals surface area contributed by atoms with Crippen molar-refractivity contribution >= 4 is 46.1 Å². The molecule has 2 N–H and O–H groups in total. The monoisotopic (exact) mass is 483 g/mol. The van der Waals surface area contributed by atoms with Gasteiger partial charge in [-0.3, -0.25) is 14.5 Å². The van der Waals surface area contributed by atoms with Crippen LogP contribution in [0.4, 0.5) is 10.5 Å². The van der Waals surface area contributed by atoms with Gasteiger partial charge in [0.05, 0.1) is 0 Å². The van der Waals surface area contributed by atoms with Gasteiger partial charge in [0.2, 0.25) is 5.91 Å². The fourth-order valence-electron chi connectivity index (χ4n) is 4.75. The maximum Gasteiger partial charge on any atom is 0.325 e. The van der Waals surface area contributed by atoms with Gasteiger partial charge in [-0.1, -0.05) is 20.8 Å². The highest BCUT2D eigenvalue weighted by atomic mass is 127. The first-order chi connectivity index (χ1) is 12.5. The maximum atomic E-state index is 13.1. The zero-order valence-corrected chi connectivity index (χ0v) is 18.3. The van der Waals surface area contributed by atoms with Crippen molar-refractivity contribution < 1.29 is 14.4 Å². The Labute approximate surface area is 173 Å². The van der Waals surface area contributed by atoms with Crippen LogP contribution in [0.25, 0.3) is 0 Å². The van der Waals surface area contributed by atoms with Gasteiger partial charge in [0.25, 0.3) is 5.91 Å². The average Bonchev–Trinajstić information content (AvgIpc) is 2.72. The molecule has 3 rings (SSSR count). The summed E-state index contributed by atoms with van der Waals surface area (Å²) in [5.74, 6) is -0.314. The molecule has 4 amide bonds. The summed E-state index contributed by atoms with van der Waals surface area (Å²) in [5.41, 5.74) is 0.718. The van der Waals surface area contributed by atoms with E-state index < -0.39 is 11.6 Å². The molecule has 1 aromatic carbocycles. The molecule has 2 aliphatic rings. The lowest BCUT2D eigenvalue weighted by molar-refractivity contribution is -0.136. The first-order valence-corrected chi connectivity index (χ1v) is 10.3. The minimum Gasteiger partial charge on any atom is -0.324 e. The second-order valence-corrected chi connectivity index (χ2v) is 10.0. The van der Waals surface area contributed by atoms with E-state index >= 15 is 0 Å². The predicted octanol–water partition coefficient (Wildman–Crippen LogP) is 3.67. The Balaban J connectivity index is 1.73. The summed E-state index contributed by atoms with van der Waals surface area (Å²) in [6.45, 7) is 7.99. The number of imide groups is 1. The number of nitrogens with one attached hydrogen (secondary N) is 2. The minimum absolute atomic E-state index is 0.0306. The van der Waals surface area contributed by atoms with Crippen LogP contribution in [0.2, 0.25) is 0 Å². The van der Waals surface area contributed by atoms with Crippen LogP contribution in [0, 0.1) is 21.8 Å². The number of hydrogen-bond donors (Lipinski definition) is 2. The van der Waals surface area contributed by atoms with Gasteiger partial charge in [-0.25, -0.2) is 4.79 Å². The molecule has 1 aliphatic heterocycles. The number of nitrogens with zero attached hydrogens (tertiary/aromatic N) is 1. The lowest BCUT2D eigenvalue weighted by Gasteiger charge is -2.43. The molecule has 1 heterocycles. The largest absolute Gasteiger partial charge is 0.325 e. The number of urea groups is 1. The van der Waals surface area contributed by atoms with E-state index in [1.54, 1.807) is 0 Å². The molecule has 1 spiro atoms. The van der Waals surface area contributed by atoms with E-state index in [4.69, 9.17) is 0 Å². The molecule has 1 aliphatic carbocycles. The van der Waals surface area contributed by atoms with Crippen LogP contribution >= 0.6 is 22.6 Å². The number of benzene rings is 1. The summed E-state index contributed by atoms with van der Waals surface area (Å²) in [4.78, 5) is 39.1. The number of aryl methyl sites for hydroxylation is 1. The highest BCUT2D eigenvalue weighted by Gasteiger charge is 2.56. The lowest BCUT2D eigenvalue weighted by Crippen LogP contribution is -2.54. The van der Waals surface area contributed by atoms with Crippen LogP contribution in [0.3, 0.4) is 0 Å². The van der Waals surface area contributed by atoms with Crippen LogP contribution < -0.4 is 10.6 Å². The van der Waals surface area contributed by atoms with E-state index in [0.717, 1.165) is 20.5 Å². The molecule has 2 atom stereocenters. The van der Waals surface area contributed by atoms with Crippen molar-refractivity contribution in [3.8, 4) is 0 Å². The normalized spacial score (nSPS) is 27.0. The van der Waals surface area contributed by atoms with Crippen LogP contribution in [0.1, 0.15) is 45.6 Å². The highest BCUT2D eigenvalue weighted by molar-refractivity contribution is 14.1. The number of carbonyl (C=O) groups excluding carboxylic acids is 3. The van der Waals surface area contributed by atoms with E-state index in [1.807, 2.05) is 25.1 Å². The maximum absolute atomic E-state index is 13.1. The molecular weight excluding hydrogens is 457 g/mol. The molecule has 1 saturated heterocycles. The number of anilines is 1. The van der Waals surface area contributed by atoms with E-state index in [9.17, 15) is 14.4 Å². The standard InChI is InChI=1S/C20H26IN3O3/c1-12-8-19(3,4)11-20(9-12)17(26)24(18(27)23-20)10-16(25)22-15-6-5-14(21)7-13(15)2/h5-7,12H,8-11H2,1-4H3,(H,22,25)(H,23,27). The lowest BCUT2D eigenvalue weighted by atomic mass is 9.64. The molecule has 0 bridgehead atoms. The summed E-state index contributed by atoms with van der Waals surface area (Å²) < 4.78 is 1.08. The summed E-state index contributed by atoms with van der Waals surface area (Å²) >= 11 is 2.21. The summed E-state index contributed by atoms with van der Waals surface area (Å²) in [7, 11) is 0. The number of amides is 4. The molecular formula is C20H26IN3O3. The van der Waals surface area contributed by atoms with Crippen molar-refractivity contribution in [2.24, 2.45) is 11.3 Å². The second-order valence-electron chi connectivity index (χ2n) is 8.77. The second kappa shape index (κ2) is 7.07. The minimum atomic E-state index is -0.878. The Kier molecular flexibility index (Phi) is 5.26. The van der Waals surface area contributed by atoms with Gasteiger partial charge in [-0.2, -0.15) is 0 Å². The average molecular weight is 483 g/mol. The number of halogens is 1. The third-order valence-corrected chi connectivity index (χ3v) is 6.06. The molecule has 6 nitrogen and oxygen atoms in total. The van der Waals surface area contributed by atoms with E-state index in [1.165, 1.54) is 0 Å². The molecule has 146 valence electrons. The number of carbonyl (C=O) groups is 3. The van der Waals surface area contributed by atoms with E-state index in [-0.39, 0.29) is 23.8 Å². The van der Waals surface area contributed by atoms with Gasteiger partial charge in [0.15, 0.2) is 0 Å². The van der Waals surface area contributed by atoms with Gasteiger partial charge in [-0.05, 0) is 83.9 Å². The fraction of sp³-hybridized carbons (Fsp3) is 0.550. The zero-order valence-electron chi connectivity index (χ0n) is 16.2. The Hall–Kier alpha value is -1.64. The fourth-order valence-corrected chi connectivity index (χ4v) is 5.40. The zero-order chi connectivity index (χ0) is 20.0. The first kappa shape index (κ1) is 20.1. The smallest absolute Gasteiger partial charge is 0.324 e. The topological polar surface area (TPSA) is 78.5 Å².